The number of carbonyl (C=O) groups excluding carboxylic acids is 2. The highest BCUT2D eigenvalue weighted by Gasteiger charge is 2.27. The molecule has 1 aromatic carbocycles. The van der Waals surface area contributed by atoms with Gasteiger partial charge in [0.05, 0.1) is 0 Å². The van der Waals surface area contributed by atoms with Crippen LogP contribution in [0.2, 0.25) is 0 Å². The van der Waals surface area contributed by atoms with Crippen molar-refractivity contribution < 1.29 is 9.59 Å². The quantitative estimate of drug-likeness (QED) is 0.832. The van der Waals surface area contributed by atoms with Crippen LogP contribution in [0, 0.1) is 5.92 Å². The Balaban J connectivity index is 1.98. The maximum atomic E-state index is 12.7. The second-order valence-corrected chi connectivity index (χ2v) is 6.58. The van der Waals surface area contributed by atoms with Crippen molar-refractivity contribution >= 4 is 17.5 Å². The van der Waals surface area contributed by atoms with Crippen LogP contribution in [-0.4, -0.2) is 61.9 Å². The van der Waals surface area contributed by atoms with Crippen molar-refractivity contribution in [1.29, 1.82) is 0 Å². The summed E-state index contributed by atoms with van der Waals surface area (Å²) >= 11 is 0. The number of benzene rings is 1. The van der Waals surface area contributed by atoms with Crippen molar-refractivity contribution in [3.63, 3.8) is 0 Å². The van der Waals surface area contributed by atoms with E-state index in [0.717, 1.165) is 18.5 Å². The molecule has 5 nitrogen and oxygen atoms in total. The Morgan fingerprint density at radius 1 is 1.04 bits per heavy atom. The third-order valence-electron chi connectivity index (χ3n) is 4.82. The van der Waals surface area contributed by atoms with Crippen LogP contribution >= 0.6 is 0 Å². The van der Waals surface area contributed by atoms with Crippen LogP contribution in [0.4, 0.5) is 5.69 Å². The molecule has 0 saturated carbocycles. The molecular formula is C19H29N3O2. The maximum Gasteiger partial charge on any atom is 0.254 e. The monoisotopic (exact) mass is 331 g/mol. The molecule has 132 valence electrons. The predicted molar refractivity (Wildman–Crippen MR) is 97.3 cm³/mol. The van der Waals surface area contributed by atoms with Gasteiger partial charge in [-0.1, -0.05) is 19.9 Å². The van der Waals surface area contributed by atoms with E-state index in [-0.39, 0.29) is 17.7 Å². The molecule has 0 spiro atoms. The number of piperazine rings is 1. The highest BCUT2D eigenvalue weighted by Crippen LogP contribution is 2.18. The van der Waals surface area contributed by atoms with E-state index in [0.29, 0.717) is 31.7 Å². The van der Waals surface area contributed by atoms with Gasteiger partial charge in [0.1, 0.15) is 0 Å². The van der Waals surface area contributed by atoms with Gasteiger partial charge in [-0.3, -0.25) is 9.59 Å². The minimum absolute atomic E-state index is 0.0494. The van der Waals surface area contributed by atoms with Gasteiger partial charge in [-0.05, 0) is 31.0 Å². The lowest BCUT2D eigenvalue weighted by Gasteiger charge is -2.36. The van der Waals surface area contributed by atoms with E-state index >= 15 is 0 Å². The lowest BCUT2D eigenvalue weighted by molar-refractivity contribution is -0.137. The number of hydrogen-bond donors (Lipinski definition) is 0. The fraction of sp³-hybridized carbons (Fsp3) is 0.579. The molecule has 0 N–H and O–H groups in total. The van der Waals surface area contributed by atoms with Crippen LogP contribution in [-0.2, 0) is 4.79 Å². The first kappa shape index (κ1) is 18.3. The largest absolute Gasteiger partial charge is 0.378 e. The molecule has 0 atom stereocenters. The van der Waals surface area contributed by atoms with Crippen molar-refractivity contribution in [2.75, 3.05) is 45.2 Å². The molecule has 1 fully saturated rings. The third kappa shape index (κ3) is 4.08. The summed E-state index contributed by atoms with van der Waals surface area (Å²) in [4.78, 5) is 30.9. The SMILES string of the molecule is CCC(CC)C(=O)N1CCN(C(=O)c2cccc(N(C)C)c2)CC1. The van der Waals surface area contributed by atoms with Crippen molar-refractivity contribution in [3.8, 4) is 0 Å². The van der Waals surface area contributed by atoms with Crippen molar-refractivity contribution in [1.82, 2.24) is 9.80 Å². The van der Waals surface area contributed by atoms with Gasteiger partial charge in [0, 0.05) is 57.4 Å². The summed E-state index contributed by atoms with van der Waals surface area (Å²) in [5.41, 5.74) is 1.73. The summed E-state index contributed by atoms with van der Waals surface area (Å²) < 4.78 is 0. The number of anilines is 1. The van der Waals surface area contributed by atoms with Gasteiger partial charge in [-0.2, -0.15) is 0 Å². The molecule has 2 rings (SSSR count). The molecule has 24 heavy (non-hydrogen) atoms. The Morgan fingerprint density at radius 2 is 1.62 bits per heavy atom. The van der Waals surface area contributed by atoms with E-state index in [1.807, 2.05) is 53.1 Å². The van der Waals surface area contributed by atoms with Crippen molar-refractivity contribution in [3.05, 3.63) is 29.8 Å². The second kappa shape index (κ2) is 8.18. The highest BCUT2D eigenvalue weighted by atomic mass is 16.2. The summed E-state index contributed by atoms with van der Waals surface area (Å²) in [5, 5.41) is 0. The van der Waals surface area contributed by atoms with E-state index in [9.17, 15) is 9.59 Å². The normalized spacial score (nSPS) is 14.9. The Bertz CT molecular complexity index is 574. The highest BCUT2D eigenvalue weighted by molar-refractivity contribution is 5.95. The molecule has 0 radical (unpaired) electrons. The zero-order chi connectivity index (χ0) is 17.7. The smallest absolute Gasteiger partial charge is 0.254 e. The molecule has 1 saturated heterocycles. The van der Waals surface area contributed by atoms with E-state index in [2.05, 4.69) is 13.8 Å². The molecule has 5 heteroatoms. The molecule has 0 aliphatic carbocycles. The number of hydrogen-bond acceptors (Lipinski definition) is 3. The number of rotatable bonds is 5. The van der Waals surface area contributed by atoms with Crippen molar-refractivity contribution in [2.45, 2.75) is 26.7 Å². The van der Waals surface area contributed by atoms with Gasteiger partial charge >= 0.3 is 0 Å². The zero-order valence-electron chi connectivity index (χ0n) is 15.3. The average Bonchev–Trinajstić information content (AvgIpc) is 2.62. The Hall–Kier alpha value is -2.04. The van der Waals surface area contributed by atoms with Crippen LogP contribution in [0.15, 0.2) is 24.3 Å². The molecule has 0 aromatic heterocycles. The molecule has 1 aliphatic rings. The summed E-state index contributed by atoms with van der Waals surface area (Å²) in [5.74, 6) is 0.402. The molecular weight excluding hydrogens is 302 g/mol. The summed E-state index contributed by atoms with van der Waals surface area (Å²) in [6.45, 7) is 6.60. The van der Waals surface area contributed by atoms with Gasteiger partial charge in [-0.25, -0.2) is 0 Å². The standard InChI is InChI=1S/C19H29N3O2/c1-5-15(6-2)18(23)21-10-12-22(13-11-21)19(24)16-8-7-9-17(14-16)20(3)4/h7-9,14-15H,5-6,10-13H2,1-4H3. The van der Waals surface area contributed by atoms with E-state index in [1.54, 1.807) is 0 Å². The molecule has 0 unspecified atom stereocenters. The molecule has 0 bridgehead atoms. The van der Waals surface area contributed by atoms with Gasteiger partial charge in [0.2, 0.25) is 5.91 Å². The van der Waals surface area contributed by atoms with E-state index in [1.165, 1.54) is 0 Å². The predicted octanol–water partition coefficient (Wildman–Crippen LogP) is 2.47. The van der Waals surface area contributed by atoms with Gasteiger partial charge < -0.3 is 14.7 Å². The average molecular weight is 331 g/mol. The van der Waals surface area contributed by atoms with Gasteiger partial charge in [-0.15, -0.1) is 0 Å². The minimum atomic E-state index is 0.0494. The first-order valence-corrected chi connectivity index (χ1v) is 8.83. The summed E-state index contributed by atoms with van der Waals surface area (Å²) in [7, 11) is 3.93. The maximum absolute atomic E-state index is 12.7. The fourth-order valence-corrected chi connectivity index (χ4v) is 3.13. The van der Waals surface area contributed by atoms with Gasteiger partial charge in [0.15, 0.2) is 0 Å². The first-order chi connectivity index (χ1) is 11.5. The second-order valence-electron chi connectivity index (χ2n) is 6.58. The van der Waals surface area contributed by atoms with Crippen LogP contribution in [0.5, 0.6) is 0 Å². The first-order valence-electron chi connectivity index (χ1n) is 8.83. The number of amides is 2. The Kier molecular flexibility index (Phi) is 6.23. The Morgan fingerprint density at radius 3 is 2.17 bits per heavy atom. The van der Waals surface area contributed by atoms with Crippen LogP contribution < -0.4 is 4.90 Å². The number of nitrogens with zero attached hydrogens (tertiary/aromatic N) is 3. The zero-order valence-corrected chi connectivity index (χ0v) is 15.3. The summed E-state index contributed by atoms with van der Waals surface area (Å²) in [6, 6.07) is 7.68. The van der Waals surface area contributed by atoms with E-state index < -0.39 is 0 Å². The topological polar surface area (TPSA) is 43.9 Å². The molecule has 1 aliphatic heterocycles. The third-order valence-corrected chi connectivity index (χ3v) is 4.82. The minimum Gasteiger partial charge on any atom is -0.378 e. The van der Waals surface area contributed by atoms with Crippen LogP contribution in [0.1, 0.15) is 37.0 Å². The Labute approximate surface area is 145 Å². The molecule has 2 amide bonds. The number of carbonyl (C=O) groups is 2. The van der Waals surface area contributed by atoms with E-state index in [4.69, 9.17) is 0 Å². The van der Waals surface area contributed by atoms with Gasteiger partial charge in [0.25, 0.3) is 5.91 Å². The lowest BCUT2D eigenvalue weighted by atomic mass is 10.0. The van der Waals surface area contributed by atoms with Crippen LogP contribution in [0.25, 0.3) is 0 Å². The lowest BCUT2D eigenvalue weighted by Crippen LogP contribution is -2.51. The molecule has 1 aromatic rings. The fourth-order valence-electron chi connectivity index (χ4n) is 3.13. The summed E-state index contributed by atoms with van der Waals surface area (Å²) in [6.07, 6.45) is 1.76. The molecule has 1 heterocycles. The van der Waals surface area contributed by atoms with Crippen molar-refractivity contribution in [2.24, 2.45) is 5.92 Å². The van der Waals surface area contributed by atoms with Crippen LogP contribution in [0.3, 0.4) is 0 Å².